The van der Waals surface area contributed by atoms with E-state index in [0.29, 0.717) is 32.0 Å². The van der Waals surface area contributed by atoms with Crippen molar-refractivity contribution in [3.05, 3.63) is 238 Å². The average molecular weight is 1150 g/mol. The van der Waals surface area contributed by atoms with Crippen molar-refractivity contribution >= 4 is 54.6 Å². The summed E-state index contributed by atoms with van der Waals surface area (Å²) in [5.74, 6) is 2.00. The van der Waals surface area contributed by atoms with Gasteiger partial charge in [0.05, 0.1) is 0 Å². The van der Waals surface area contributed by atoms with Gasteiger partial charge >= 0.3 is 401 Å². The van der Waals surface area contributed by atoms with Gasteiger partial charge in [-0.25, -0.2) is 0 Å². The van der Waals surface area contributed by atoms with Crippen molar-refractivity contribution in [2.24, 2.45) is 0 Å². The molecule has 0 atom stereocenters. The van der Waals surface area contributed by atoms with E-state index in [4.69, 9.17) is 17.9 Å². The summed E-state index contributed by atoms with van der Waals surface area (Å²) in [4.78, 5) is 4.90. The SMILES string of the molecule is [2H]c1c([2H])c([2H])c(-c2cc(-n3c4ccccc4c4ccccc43)cc(-c3c([2H])c([2H])c([2H])c([2H])c3[2H])c2-n2[c](=[Pt])n(-c3cc(Oc4ccc5c6ccccc6n(-c6cc(C(C)(C)C)ccn6)c5c4)c(C)c(C)c3C)c3ccccc32)c([2H])c1[2H]. The van der Waals surface area contributed by atoms with E-state index in [1.54, 1.807) is 12.1 Å². The van der Waals surface area contributed by atoms with Gasteiger partial charge in [0.2, 0.25) is 0 Å². The van der Waals surface area contributed by atoms with Crippen LogP contribution in [0.15, 0.2) is 212 Å². The van der Waals surface area contributed by atoms with Crippen molar-refractivity contribution < 1.29 is 37.8 Å². The zero-order chi connectivity index (χ0) is 59.1. The third kappa shape index (κ3) is 7.34. The number of rotatable bonds is 8. The van der Waals surface area contributed by atoms with Gasteiger partial charge in [-0.3, -0.25) is 0 Å². The van der Waals surface area contributed by atoms with Crippen LogP contribution in [0.5, 0.6) is 11.5 Å². The van der Waals surface area contributed by atoms with Crippen LogP contribution in [0.2, 0.25) is 0 Å². The van der Waals surface area contributed by atoms with Crippen molar-refractivity contribution in [3.63, 3.8) is 0 Å². The summed E-state index contributed by atoms with van der Waals surface area (Å²) < 4.78 is 108. The number of para-hydroxylation sites is 5. The summed E-state index contributed by atoms with van der Waals surface area (Å²) >= 11 is 2.24. The Balaban J connectivity index is 1.10. The molecule has 0 aliphatic rings. The topological polar surface area (TPSA) is 41.8 Å². The van der Waals surface area contributed by atoms with Gasteiger partial charge in [0.25, 0.3) is 0 Å². The van der Waals surface area contributed by atoms with Crippen LogP contribution in [0.25, 0.3) is 99.8 Å². The molecule has 13 aromatic rings. The van der Waals surface area contributed by atoms with E-state index < -0.39 is 60.4 Å². The van der Waals surface area contributed by atoms with Crippen LogP contribution in [-0.4, -0.2) is 23.3 Å². The first kappa shape index (κ1) is 35.7. The first-order chi connectivity index (χ1) is 40.2. The van der Waals surface area contributed by atoms with E-state index in [1.165, 1.54) is 0 Å². The number of benzene rings is 9. The Morgan fingerprint density at radius 3 is 1.57 bits per heavy atom. The molecule has 0 aliphatic carbocycles. The molecule has 0 N–H and O–H groups in total. The molecule has 7 heteroatoms. The first-order valence-corrected chi connectivity index (χ1v) is 25.6. The van der Waals surface area contributed by atoms with E-state index in [1.807, 2.05) is 119 Å². The second-order valence-corrected chi connectivity index (χ2v) is 20.7. The average Bonchev–Trinajstić information content (AvgIpc) is 1.54. The molecule has 0 fully saturated rings. The van der Waals surface area contributed by atoms with Crippen LogP contribution < -0.4 is 4.74 Å². The molecule has 0 unspecified atom stereocenters. The van der Waals surface area contributed by atoms with E-state index in [-0.39, 0.29) is 33.4 Å². The Morgan fingerprint density at radius 2 is 1.00 bits per heavy atom. The van der Waals surface area contributed by atoms with Gasteiger partial charge in [-0.2, -0.15) is 0 Å². The van der Waals surface area contributed by atoms with Crippen molar-refractivity contribution in [1.29, 1.82) is 0 Å². The van der Waals surface area contributed by atoms with Gasteiger partial charge < -0.3 is 0 Å². The van der Waals surface area contributed by atoms with Crippen LogP contribution in [0.1, 0.15) is 56.7 Å². The molecule has 74 heavy (non-hydrogen) atoms. The van der Waals surface area contributed by atoms with Gasteiger partial charge in [-0.1, -0.05) is 32.9 Å². The number of hydrogen-bond donors (Lipinski definition) is 0. The molecule has 362 valence electrons. The quantitative estimate of drug-likeness (QED) is 0.152. The summed E-state index contributed by atoms with van der Waals surface area (Å²) in [6, 6.07) is 42.3. The maximum atomic E-state index is 9.63. The summed E-state index contributed by atoms with van der Waals surface area (Å²) in [5, 5.41) is 3.98. The van der Waals surface area contributed by atoms with E-state index in [9.17, 15) is 5.48 Å². The predicted molar refractivity (Wildman–Crippen MR) is 303 cm³/mol. The van der Waals surface area contributed by atoms with E-state index in [2.05, 4.69) is 99.5 Å². The van der Waals surface area contributed by atoms with Crippen LogP contribution >= 0.6 is 0 Å². The van der Waals surface area contributed by atoms with Crippen molar-refractivity contribution in [1.82, 2.24) is 23.3 Å². The molecular formula is C67H53N5OPt. The number of nitrogens with zero attached hydrogens (tertiary/aromatic N) is 5. The number of imidazole rings is 1. The fourth-order valence-corrected chi connectivity index (χ4v) is 11.7. The zero-order valence-corrected chi connectivity index (χ0v) is 43.7. The van der Waals surface area contributed by atoms with Crippen molar-refractivity contribution in [3.8, 4) is 56.6 Å². The third-order valence-corrected chi connectivity index (χ3v) is 15.5. The molecule has 9 aromatic carbocycles. The van der Waals surface area contributed by atoms with Crippen LogP contribution in [-0.2, 0) is 24.8 Å². The van der Waals surface area contributed by atoms with Gasteiger partial charge in [-0.05, 0) is 17.0 Å². The normalized spacial score (nSPS) is 13.9. The number of fused-ring (bicyclic) bond motifs is 7. The summed E-state index contributed by atoms with van der Waals surface area (Å²) in [6.07, 6.45) is 1.86. The molecule has 0 bridgehead atoms. The van der Waals surface area contributed by atoms with Crippen molar-refractivity contribution in [2.45, 2.75) is 47.0 Å². The van der Waals surface area contributed by atoms with E-state index in [0.717, 1.165) is 77.4 Å². The molecule has 0 amide bonds. The molecule has 0 aliphatic heterocycles. The second-order valence-electron chi connectivity index (χ2n) is 19.7. The molecule has 4 aromatic heterocycles. The summed E-state index contributed by atoms with van der Waals surface area (Å²) in [6.45, 7) is 12.7. The Bertz CT molecular complexity index is 4870. The third-order valence-electron chi connectivity index (χ3n) is 14.5. The van der Waals surface area contributed by atoms with Gasteiger partial charge in [-0.15, -0.1) is 0 Å². The molecule has 0 saturated heterocycles. The molecule has 0 radical (unpaired) electrons. The molecule has 4 heterocycles. The van der Waals surface area contributed by atoms with Gasteiger partial charge in [0, 0.05) is 6.20 Å². The molecule has 13 rings (SSSR count). The second kappa shape index (κ2) is 17.7. The minimum atomic E-state index is -0.577. The first-order valence-electron chi connectivity index (χ1n) is 29.5. The Morgan fingerprint density at radius 1 is 0.486 bits per heavy atom. The molecular weight excluding hydrogens is 1090 g/mol. The van der Waals surface area contributed by atoms with E-state index >= 15 is 0 Å². The number of aromatic nitrogens is 5. The van der Waals surface area contributed by atoms with Crippen LogP contribution in [0, 0.1) is 24.6 Å². The minimum absolute atomic E-state index is 0.107. The Kier molecular flexibility index (Phi) is 8.56. The standard InChI is InChI=1S/C67H53N5O.Pt/c1-43-44(2)62(41-64(45(43)3)73-50-33-34-54-53-27-15-18-30-59(53)72(63(54)40-50)65-37-48(35-36-68-65)67(4,5)6)69-42-70(61-32-20-19-31-60(61)69)66-55(46-21-9-7-10-22-46)38-49(39-56(66)47-23-11-8-12-24-47)71-57-28-16-13-25-51(57)52-26-14-17-29-58(52)71;/h7-41H,1-6H3;/i7D,8D,9D,10D,11D,12D,21D,22D,23D,24D;. The number of hydrogen-bond acceptors (Lipinski definition) is 2. The van der Waals surface area contributed by atoms with Crippen LogP contribution in [0.4, 0.5) is 0 Å². The summed E-state index contributed by atoms with van der Waals surface area (Å²) in [5.41, 5.74) is 10.2. The van der Waals surface area contributed by atoms with Crippen LogP contribution in [0.3, 0.4) is 0 Å². The molecule has 6 nitrogen and oxygen atoms in total. The zero-order valence-electron chi connectivity index (χ0n) is 51.4. The number of ether oxygens (including phenoxy) is 1. The van der Waals surface area contributed by atoms with Gasteiger partial charge in [0.15, 0.2) is 0 Å². The van der Waals surface area contributed by atoms with Gasteiger partial charge in [0.1, 0.15) is 0 Å². The predicted octanol–water partition coefficient (Wildman–Crippen LogP) is 17.4. The van der Waals surface area contributed by atoms with Crippen molar-refractivity contribution in [2.75, 3.05) is 0 Å². The molecule has 0 spiro atoms. The maximum absolute atomic E-state index is 9.63. The Labute approximate surface area is 455 Å². The monoisotopic (exact) mass is 1150 g/mol. The Hall–Kier alpha value is -8.31. The molecule has 0 saturated carbocycles. The summed E-state index contributed by atoms with van der Waals surface area (Å²) in [7, 11) is 0. The fourth-order valence-electron chi connectivity index (χ4n) is 10.6. The number of pyridine rings is 1. The fraction of sp³-hybridized carbons (Fsp3) is 0.104.